The number of rotatable bonds is 2. The van der Waals surface area contributed by atoms with Crippen molar-refractivity contribution in [3.05, 3.63) is 55.4 Å². The summed E-state index contributed by atoms with van der Waals surface area (Å²) in [5.41, 5.74) is -0.343. The lowest BCUT2D eigenvalue weighted by molar-refractivity contribution is 0.593. The summed E-state index contributed by atoms with van der Waals surface area (Å²) in [4.78, 5) is 33.6. The van der Waals surface area contributed by atoms with E-state index in [0.29, 0.717) is 10.3 Å². The second-order valence-corrected chi connectivity index (χ2v) is 5.13. The minimum absolute atomic E-state index is 0.0900. The van der Waals surface area contributed by atoms with Crippen LogP contribution >= 0.6 is 15.9 Å². The Labute approximate surface area is 125 Å². The largest absolute Gasteiger partial charge is 0.329 e. The number of imidazole rings is 1. The highest BCUT2D eigenvalue weighted by Gasteiger charge is 2.16. The van der Waals surface area contributed by atoms with Gasteiger partial charge in [-0.2, -0.15) is 0 Å². The number of halogens is 2. The quantitative estimate of drug-likeness (QED) is 0.689. The van der Waals surface area contributed by atoms with Gasteiger partial charge in [0.2, 0.25) is 0 Å². The van der Waals surface area contributed by atoms with Crippen LogP contribution in [0.2, 0.25) is 0 Å². The van der Waals surface area contributed by atoms with E-state index in [2.05, 4.69) is 30.9 Å². The Balaban J connectivity index is 2.27. The standard InChI is InChI=1S/C12H9BrFN5O2/c1-18-9-8(10(20)17-12(18)21)19(11(13)16-9)5-6-2-3-15-4-7(6)14/h2-4H,5H2,1H3,(H,17,20,21). The predicted molar refractivity (Wildman–Crippen MR) is 76.6 cm³/mol. The number of aromatic nitrogens is 5. The Bertz CT molecular complexity index is 958. The van der Waals surface area contributed by atoms with Crippen LogP contribution < -0.4 is 11.2 Å². The van der Waals surface area contributed by atoms with Crippen LogP contribution in [-0.4, -0.2) is 24.1 Å². The molecule has 9 heteroatoms. The van der Waals surface area contributed by atoms with Gasteiger partial charge in [0, 0.05) is 18.8 Å². The summed E-state index contributed by atoms with van der Waals surface area (Å²) in [5, 5.41) is 0. The van der Waals surface area contributed by atoms with Crippen molar-refractivity contribution in [3.63, 3.8) is 0 Å². The van der Waals surface area contributed by atoms with E-state index in [1.807, 2.05) is 0 Å². The zero-order valence-corrected chi connectivity index (χ0v) is 12.4. The molecule has 0 spiro atoms. The van der Waals surface area contributed by atoms with Gasteiger partial charge in [0.15, 0.2) is 15.9 Å². The Morgan fingerprint density at radius 1 is 1.43 bits per heavy atom. The molecule has 7 nitrogen and oxygen atoms in total. The molecule has 0 bridgehead atoms. The van der Waals surface area contributed by atoms with E-state index in [4.69, 9.17) is 0 Å². The number of hydrogen-bond donors (Lipinski definition) is 1. The molecule has 0 unspecified atom stereocenters. The first-order chi connectivity index (χ1) is 9.99. The number of aromatic amines is 1. The van der Waals surface area contributed by atoms with Crippen LogP contribution in [0.25, 0.3) is 11.2 Å². The third-order valence-electron chi connectivity index (χ3n) is 3.15. The van der Waals surface area contributed by atoms with Crippen LogP contribution in [-0.2, 0) is 13.6 Å². The predicted octanol–water partition coefficient (Wildman–Crippen LogP) is 0.768. The molecule has 3 aromatic rings. The molecule has 1 N–H and O–H groups in total. The highest BCUT2D eigenvalue weighted by atomic mass is 79.9. The fourth-order valence-electron chi connectivity index (χ4n) is 2.05. The molecule has 0 aliphatic heterocycles. The van der Waals surface area contributed by atoms with Crippen LogP contribution in [0, 0.1) is 5.82 Å². The SMILES string of the molecule is Cn1c(=O)[nH]c(=O)c2c1nc(Br)n2Cc1ccncc1F. The first kappa shape index (κ1) is 13.7. The van der Waals surface area contributed by atoms with Gasteiger partial charge in [-0.15, -0.1) is 0 Å². The first-order valence-corrected chi connectivity index (χ1v) is 6.71. The Kier molecular flexibility index (Phi) is 3.20. The molecule has 3 aromatic heterocycles. The van der Waals surface area contributed by atoms with E-state index in [0.717, 1.165) is 6.20 Å². The van der Waals surface area contributed by atoms with Crippen LogP contribution in [0.5, 0.6) is 0 Å². The fourth-order valence-corrected chi connectivity index (χ4v) is 2.53. The van der Waals surface area contributed by atoms with E-state index in [9.17, 15) is 14.0 Å². The second-order valence-electron chi connectivity index (χ2n) is 4.42. The highest BCUT2D eigenvalue weighted by Crippen LogP contribution is 2.18. The van der Waals surface area contributed by atoms with Crippen LogP contribution in [0.1, 0.15) is 5.56 Å². The van der Waals surface area contributed by atoms with Gasteiger partial charge in [0.1, 0.15) is 5.82 Å². The summed E-state index contributed by atoms with van der Waals surface area (Å²) >= 11 is 3.23. The van der Waals surface area contributed by atoms with Crippen molar-refractivity contribution in [2.45, 2.75) is 6.54 Å². The number of aryl methyl sites for hydroxylation is 1. The average molecular weight is 354 g/mol. The number of pyridine rings is 1. The molecule has 0 aromatic carbocycles. The van der Waals surface area contributed by atoms with Crippen molar-refractivity contribution < 1.29 is 4.39 Å². The van der Waals surface area contributed by atoms with Gasteiger partial charge in [-0.25, -0.2) is 14.2 Å². The number of nitrogens with one attached hydrogen (secondary N) is 1. The smallest absolute Gasteiger partial charge is 0.308 e. The molecule has 0 radical (unpaired) electrons. The summed E-state index contributed by atoms with van der Waals surface area (Å²) in [5.74, 6) is -0.479. The minimum Gasteiger partial charge on any atom is -0.308 e. The lowest BCUT2D eigenvalue weighted by Gasteiger charge is -2.06. The van der Waals surface area contributed by atoms with E-state index in [1.165, 1.54) is 28.4 Å². The fraction of sp³-hybridized carbons (Fsp3) is 0.167. The molecule has 3 heterocycles. The van der Waals surface area contributed by atoms with Crippen LogP contribution in [0.15, 0.2) is 32.8 Å². The number of nitrogens with zero attached hydrogens (tertiary/aromatic N) is 4. The maximum absolute atomic E-state index is 13.7. The zero-order chi connectivity index (χ0) is 15.1. The molecule has 0 saturated heterocycles. The number of fused-ring (bicyclic) bond motifs is 1. The monoisotopic (exact) mass is 353 g/mol. The van der Waals surface area contributed by atoms with Gasteiger partial charge in [0.05, 0.1) is 12.7 Å². The van der Waals surface area contributed by atoms with Gasteiger partial charge < -0.3 is 4.57 Å². The van der Waals surface area contributed by atoms with Gasteiger partial charge in [0.25, 0.3) is 5.56 Å². The van der Waals surface area contributed by atoms with Crippen molar-refractivity contribution in [2.24, 2.45) is 7.05 Å². The normalized spacial score (nSPS) is 11.2. The Morgan fingerprint density at radius 3 is 2.90 bits per heavy atom. The molecular weight excluding hydrogens is 345 g/mol. The molecule has 0 atom stereocenters. The molecule has 3 rings (SSSR count). The highest BCUT2D eigenvalue weighted by molar-refractivity contribution is 9.10. The van der Waals surface area contributed by atoms with E-state index < -0.39 is 17.1 Å². The molecular formula is C12H9BrFN5O2. The van der Waals surface area contributed by atoms with Gasteiger partial charge in [-0.05, 0) is 22.0 Å². The van der Waals surface area contributed by atoms with Crippen molar-refractivity contribution in [2.75, 3.05) is 0 Å². The van der Waals surface area contributed by atoms with Crippen LogP contribution in [0.4, 0.5) is 4.39 Å². The maximum atomic E-state index is 13.7. The molecule has 0 saturated carbocycles. The lowest BCUT2D eigenvalue weighted by atomic mass is 10.2. The number of H-pyrrole nitrogens is 1. The average Bonchev–Trinajstić information content (AvgIpc) is 2.77. The summed E-state index contributed by atoms with van der Waals surface area (Å²) in [6.45, 7) is 0.0900. The third kappa shape index (κ3) is 2.19. The zero-order valence-electron chi connectivity index (χ0n) is 10.8. The minimum atomic E-state index is -0.569. The van der Waals surface area contributed by atoms with E-state index in [-0.39, 0.29) is 17.7 Å². The summed E-state index contributed by atoms with van der Waals surface area (Å²) < 4.78 is 16.8. The van der Waals surface area contributed by atoms with Crippen molar-refractivity contribution >= 4 is 27.1 Å². The van der Waals surface area contributed by atoms with Gasteiger partial charge in [-0.1, -0.05) is 0 Å². The summed E-state index contributed by atoms with van der Waals surface area (Å²) in [6, 6.07) is 1.52. The first-order valence-electron chi connectivity index (χ1n) is 5.92. The Hall–Kier alpha value is -2.29. The summed E-state index contributed by atoms with van der Waals surface area (Å²) in [6.07, 6.45) is 2.56. The molecule has 0 amide bonds. The van der Waals surface area contributed by atoms with Gasteiger partial charge >= 0.3 is 5.69 Å². The van der Waals surface area contributed by atoms with Crippen LogP contribution in [0.3, 0.4) is 0 Å². The second kappa shape index (κ2) is 4.92. The third-order valence-corrected chi connectivity index (χ3v) is 3.75. The van der Waals surface area contributed by atoms with E-state index >= 15 is 0 Å². The van der Waals surface area contributed by atoms with Crippen molar-refractivity contribution in [1.82, 2.24) is 24.1 Å². The van der Waals surface area contributed by atoms with Gasteiger partial charge in [-0.3, -0.25) is 19.3 Å². The molecule has 21 heavy (non-hydrogen) atoms. The molecule has 108 valence electrons. The Morgan fingerprint density at radius 2 is 2.19 bits per heavy atom. The summed E-state index contributed by atoms with van der Waals surface area (Å²) in [7, 11) is 1.50. The lowest BCUT2D eigenvalue weighted by Crippen LogP contribution is -2.29. The molecule has 0 aliphatic rings. The number of hydrogen-bond acceptors (Lipinski definition) is 4. The maximum Gasteiger partial charge on any atom is 0.329 e. The molecule has 0 aliphatic carbocycles. The van der Waals surface area contributed by atoms with Crippen molar-refractivity contribution in [1.29, 1.82) is 0 Å². The topological polar surface area (TPSA) is 85.6 Å². The van der Waals surface area contributed by atoms with Crippen molar-refractivity contribution in [3.8, 4) is 0 Å². The molecule has 0 fully saturated rings. The van der Waals surface area contributed by atoms with E-state index in [1.54, 1.807) is 0 Å².